The van der Waals surface area contributed by atoms with Gasteiger partial charge in [0.2, 0.25) is 6.10 Å². The van der Waals surface area contributed by atoms with Gasteiger partial charge in [0.25, 0.3) is 0 Å². The fraction of sp³-hybridized carbons (Fsp3) is 0.500. The molecule has 1 aliphatic heterocycles. The van der Waals surface area contributed by atoms with Gasteiger partial charge in [0.05, 0.1) is 6.61 Å². The van der Waals surface area contributed by atoms with Gasteiger partial charge in [-0.05, 0) is 0 Å². The van der Waals surface area contributed by atoms with Gasteiger partial charge in [0, 0.05) is 6.42 Å². The molecule has 0 aliphatic carbocycles. The number of cyclic esters (lactones) is 1. The van der Waals surface area contributed by atoms with Gasteiger partial charge in [-0.3, -0.25) is 0 Å². The molecule has 1 aliphatic rings. The minimum atomic E-state index is -0.519. The normalized spacial score (nSPS) is 24.8. The number of terminal acetylenes is 1. The molecule has 1 rings (SSSR count). The minimum absolute atomic E-state index is 0.354. The van der Waals surface area contributed by atoms with Crippen LogP contribution in [0, 0.1) is 12.5 Å². The molecule has 1 atom stereocenters. The number of hydrogen-bond donors (Lipinski definition) is 0. The third kappa shape index (κ3) is 1.14. The first kappa shape index (κ1) is 5.96. The second-order valence-corrected chi connectivity index (χ2v) is 1.68. The number of esters is 1. The summed E-state index contributed by atoms with van der Waals surface area (Å²) in [5, 5.41) is 0. The van der Waals surface area contributed by atoms with Crippen LogP contribution in [0.25, 0.3) is 0 Å². The molecule has 0 amide bonds. The molecule has 3 heteroatoms. The summed E-state index contributed by atoms with van der Waals surface area (Å²) < 4.78 is 9.13. The maximum absolute atomic E-state index is 10.5. The molecule has 0 aromatic heterocycles. The average Bonchev–Trinajstić information content (AvgIpc) is 2.18. The van der Waals surface area contributed by atoms with Gasteiger partial charge in [-0.25, -0.2) is 4.79 Å². The first-order chi connectivity index (χ1) is 4.34. The molecule has 0 aromatic rings. The van der Waals surface area contributed by atoms with Crippen molar-refractivity contribution in [3.05, 3.63) is 0 Å². The van der Waals surface area contributed by atoms with Crippen LogP contribution in [0.3, 0.4) is 0 Å². The molecular formula is C6H6O3. The molecule has 0 spiro atoms. The quantitative estimate of drug-likeness (QED) is 0.364. The Bertz CT molecular complexity index is 156. The highest BCUT2D eigenvalue weighted by Crippen LogP contribution is 2.08. The largest absolute Gasteiger partial charge is 0.463 e. The predicted octanol–water partition coefficient (Wildman–Crippen LogP) is -0.0908. The van der Waals surface area contributed by atoms with Crippen LogP contribution in [0.5, 0.6) is 0 Å². The van der Waals surface area contributed by atoms with Crippen molar-refractivity contribution in [2.24, 2.45) is 0 Å². The molecule has 1 saturated heterocycles. The second kappa shape index (κ2) is 2.40. The van der Waals surface area contributed by atoms with Gasteiger partial charge >= 0.3 is 5.97 Å². The van der Waals surface area contributed by atoms with Crippen LogP contribution in [0.15, 0.2) is 0 Å². The van der Waals surface area contributed by atoms with E-state index in [1.165, 1.54) is 0 Å². The summed E-state index contributed by atoms with van der Waals surface area (Å²) in [6, 6.07) is 0. The van der Waals surface area contributed by atoms with E-state index < -0.39 is 6.10 Å². The zero-order chi connectivity index (χ0) is 6.69. The highest BCUT2D eigenvalue weighted by atomic mass is 16.6. The van der Waals surface area contributed by atoms with Crippen LogP contribution < -0.4 is 0 Å². The fourth-order valence-electron chi connectivity index (χ4n) is 0.667. The van der Waals surface area contributed by atoms with E-state index in [-0.39, 0.29) is 5.97 Å². The van der Waals surface area contributed by atoms with Crippen molar-refractivity contribution < 1.29 is 14.3 Å². The van der Waals surface area contributed by atoms with E-state index in [0.717, 1.165) is 0 Å². The van der Waals surface area contributed by atoms with Gasteiger partial charge in [0.1, 0.15) is 6.11 Å². The third-order valence-electron chi connectivity index (χ3n) is 1.10. The molecule has 3 nitrogen and oxygen atoms in total. The van der Waals surface area contributed by atoms with E-state index in [4.69, 9.17) is 6.42 Å². The SMILES string of the molecule is C#COC1CCOC1=O. The van der Waals surface area contributed by atoms with Crippen molar-refractivity contribution in [1.82, 2.24) is 0 Å². The Hall–Kier alpha value is -1.17. The van der Waals surface area contributed by atoms with E-state index in [2.05, 4.69) is 9.47 Å². The second-order valence-electron chi connectivity index (χ2n) is 1.68. The van der Waals surface area contributed by atoms with Gasteiger partial charge in [0.15, 0.2) is 0 Å². The van der Waals surface area contributed by atoms with E-state index in [1.807, 2.05) is 6.11 Å². The number of rotatable bonds is 1. The lowest BCUT2D eigenvalue weighted by atomic mass is 10.3. The summed E-state index contributed by atoms with van der Waals surface area (Å²) in [4.78, 5) is 10.5. The number of hydrogen-bond acceptors (Lipinski definition) is 3. The molecule has 1 heterocycles. The van der Waals surface area contributed by atoms with Crippen molar-refractivity contribution in [2.45, 2.75) is 12.5 Å². The van der Waals surface area contributed by atoms with Crippen LogP contribution in [0.4, 0.5) is 0 Å². The maximum atomic E-state index is 10.5. The monoisotopic (exact) mass is 126 g/mol. The summed E-state index contributed by atoms with van der Waals surface area (Å²) in [7, 11) is 0. The molecule has 1 fully saturated rings. The van der Waals surface area contributed by atoms with E-state index in [1.54, 1.807) is 0 Å². The van der Waals surface area contributed by atoms with Crippen molar-refractivity contribution in [3.63, 3.8) is 0 Å². The summed E-state index contributed by atoms with van der Waals surface area (Å²) in [6.45, 7) is 0.422. The van der Waals surface area contributed by atoms with E-state index in [9.17, 15) is 4.79 Å². The van der Waals surface area contributed by atoms with Gasteiger partial charge in [-0.15, -0.1) is 0 Å². The third-order valence-corrected chi connectivity index (χ3v) is 1.10. The molecule has 0 bridgehead atoms. The Morgan fingerprint density at radius 1 is 1.89 bits per heavy atom. The van der Waals surface area contributed by atoms with Crippen LogP contribution in [0.1, 0.15) is 6.42 Å². The molecule has 0 aromatic carbocycles. The molecule has 0 radical (unpaired) electrons. The number of carbonyl (C=O) groups excluding carboxylic acids is 1. The lowest BCUT2D eigenvalue weighted by molar-refractivity contribution is -0.144. The maximum Gasteiger partial charge on any atom is 0.348 e. The van der Waals surface area contributed by atoms with E-state index in [0.29, 0.717) is 13.0 Å². The highest BCUT2D eigenvalue weighted by molar-refractivity contribution is 5.76. The molecule has 1 unspecified atom stereocenters. The lowest BCUT2D eigenvalue weighted by Crippen LogP contribution is -2.15. The van der Waals surface area contributed by atoms with Crippen molar-refractivity contribution in [3.8, 4) is 12.5 Å². The Balaban J connectivity index is 2.42. The van der Waals surface area contributed by atoms with Crippen molar-refractivity contribution >= 4 is 5.97 Å². The predicted molar refractivity (Wildman–Crippen MR) is 29.3 cm³/mol. The first-order valence-corrected chi connectivity index (χ1v) is 2.62. The van der Waals surface area contributed by atoms with Gasteiger partial charge < -0.3 is 9.47 Å². The molecule has 48 valence electrons. The molecular weight excluding hydrogens is 120 g/mol. The molecule has 0 N–H and O–H groups in total. The Labute approximate surface area is 52.9 Å². The molecule has 0 saturated carbocycles. The average molecular weight is 126 g/mol. The minimum Gasteiger partial charge on any atom is -0.463 e. The number of ether oxygens (including phenoxy) is 2. The standard InChI is InChI=1S/C6H6O3/c1-2-8-5-3-4-9-6(5)7/h1,5H,3-4H2. The smallest absolute Gasteiger partial charge is 0.348 e. The van der Waals surface area contributed by atoms with Crippen LogP contribution in [-0.4, -0.2) is 18.7 Å². The Kier molecular flexibility index (Phi) is 1.59. The fourth-order valence-corrected chi connectivity index (χ4v) is 0.667. The van der Waals surface area contributed by atoms with Crippen LogP contribution >= 0.6 is 0 Å². The van der Waals surface area contributed by atoms with Gasteiger partial charge in [-0.1, -0.05) is 6.42 Å². The zero-order valence-electron chi connectivity index (χ0n) is 4.79. The molecule has 9 heavy (non-hydrogen) atoms. The summed E-state index contributed by atoms with van der Waals surface area (Å²) >= 11 is 0. The number of carbonyl (C=O) groups is 1. The lowest BCUT2D eigenvalue weighted by Gasteiger charge is -1.98. The zero-order valence-corrected chi connectivity index (χ0v) is 4.79. The Morgan fingerprint density at radius 3 is 3.11 bits per heavy atom. The van der Waals surface area contributed by atoms with E-state index >= 15 is 0 Å². The summed E-state index contributed by atoms with van der Waals surface area (Å²) in [6.07, 6.45) is 6.78. The van der Waals surface area contributed by atoms with Crippen molar-refractivity contribution in [2.75, 3.05) is 6.61 Å². The van der Waals surface area contributed by atoms with Crippen molar-refractivity contribution in [1.29, 1.82) is 0 Å². The Morgan fingerprint density at radius 2 is 2.67 bits per heavy atom. The van der Waals surface area contributed by atoms with Gasteiger partial charge in [-0.2, -0.15) is 0 Å². The summed E-state index contributed by atoms with van der Waals surface area (Å²) in [5.41, 5.74) is 0. The summed E-state index contributed by atoms with van der Waals surface area (Å²) in [5.74, 6) is -0.354. The first-order valence-electron chi connectivity index (χ1n) is 2.62. The highest BCUT2D eigenvalue weighted by Gasteiger charge is 2.27. The van der Waals surface area contributed by atoms with Crippen LogP contribution in [-0.2, 0) is 14.3 Å². The van der Waals surface area contributed by atoms with Crippen LogP contribution in [0.2, 0.25) is 0 Å². The topological polar surface area (TPSA) is 35.5 Å².